The Kier molecular flexibility index (Phi) is 5.63. The number of fused-ring (bicyclic) bond motifs is 1. The van der Waals surface area contributed by atoms with Gasteiger partial charge in [0.1, 0.15) is 6.10 Å². The Labute approximate surface area is 192 Å². The number of sulfonamides is 1. The molecule has 1 N–H and O–H groups in total. The quantitative estimate of drug-likeness (QED) is 0.441. The lowest BCUT2D eigenvalue weighted by molar-refractivity contribution is 0.0827. The second kappa shape index (κ2) is 8.63. The lowest BCUT2D eigenvalue weighted by Gasteiger charge is -2.29. The van der Waals surface area contributed by atoms with Crippen molar-refractivity contribution in [1.29, 1.82) is 0 Å². The first-order valence-electron chi connectivity index (χ1n) is 10.1. The number of aliphatic hydroxyl groups is 1. The van der Waals surface area contributed by atoms with Gasteiger partial charge in [-0.25, -0.2) is 8.42 Å². The Bertz CT molecular complexity index is 1420. The fourth-order valence-electron chi connectivity index (χ4n) is 3.86. The molecular weight excluding hydrogens is 468 g/mol. The number of aliphatic hydroxyl groups excluding tert-OH is 1. The van der Waals surface area contributed by atoms with Gasteiger partial charge in [0.15, 0.2) is 0 Å². The second-order valence-electron chi connectivity index (χ2n) is 7.52. The SMILES string of the molecule is O=S1(=O)c2cc(-c3nnc(C(F)F)o3)ccc2CN1C(c1ccccn1)[C@@H](O)c1ccccn1. The highest BCUT2D eigenvalue weighted by Gasteiger charge is 2.44. The zero-order valence-corrected chi connectivity index (χ0v) is 18.2. The van der Waals surface area contributed by atoms with Crippen LogP contribution in [-0.4, -0.2) is 38.0 Å². The summed E-state index contributed by atoms with van der Waals surface area (Å²) in [5.74, 6) is -1.07. The number of pyridine rings is 2. The normalized spacial score (nSPS) is 16.9. The van der Waals surface area contributed by atoms with Gasteiger partial charge in [0, 0.05) is 24.5 Å². The third kappa shape index (κ3) is 3.85. The van der Waals surface area contributed by atoms with Crippen molar-refractivity contribution in [3.05, 3.63) is 89.8 Å². The van der Waals surface area contributed by atoms with Crippen molar-refractivity contribution in [2.75, 3.05) is 0 Å². The van der Waals surface area contributed by atoms with E-state index in [2.05, 4.69) is 20.2 Å². The second-order valence-corrected chi connectivity index (χ2v) is 9.38. The minimum Gasteiger partial charge on any atom is -0.415 e. The van der Waals surface area contributed by atoms with Gasteiger partial charge in [-0.1, -0.05) is 18.2 Å². The molecule has 9 nitrogen and oxygen atoms in total. The third-order valence-electron chi connectivity index (χ3n) is 5.45. The highest BCUT2D eigenvalue weighted by atomic mass is 32.2. The van der Waals surface area contributed by atoms with Crippen LogP contribution in [-0.2, 0) is 16.6 Å². The lowest BCUT2D eigenvalue weighted by atomic mass is 10.0. The van der Waals surface area contributed by atoms with Gasteiger partial charge in [-0.3, -0.25) is 9.97 Å². The molecule has 12 heteroatoms. The molecule has 0 amide bonds. The molecule has 1 aliphatic rings. The number of aromatic nitrogens is 4. The predicted molar refractivity (Wildman–Crippen MR) is 114 cm³/mol. The molecule has 2 atom stereocenters. The summed E-state index contributed by atoms with van der Waals surface area (Å²) in [7, 11) is -4.12. The predicted octanol–water partition coefficient (Wildman–Crippen LogP) is 3.44. The maximum atomic E-state index is 13.6. The van der Waals surface area contributed by atoms with Gasteiger partial charge in [0.25, 0.3) is 5.89 Å². The first kappa shape index (κ1) is 22.2. The van der Waals surface area contributed by atoms with Crippen LogP contribution in [0.1, 0.15) is 41.4 Å². The van der Waals surface area contributed by atoms with Gasteiger partial charge in [0.2, 0.25) is 15.9 Å². The maximum Gasteiger partial charge on any atom is 0.314 e. The van der Waals surface area contributed by atoms with Crippen molar-refractivity contribution in [2.24, 2.45) is 0 Å². The standard InChI is InChI=1S/C22H17F2N5O4S/c23-20(24)22-28-27-21(33-22)13-7-8-14-12-29(34(31,32)17(14)11-13)18(15-5-1-3-9-25-15)19(30)16-6-2-4-10-26-16/h1-11,18-20,30H,12H2/t18?,19-/m0/s1. The van der Waals surface area contributed by atoms with Crippen molar-refractivity contribution >= 4 is 10.0 Å². The van der Waals surface area contributed by atoms with Crippen molar-refractivity contribution < 1.29 is 26.7 Å². The smallest absolute Gasteiger partial charge is 0.314 e. The molecule has 4 heterocycles. The molecule has 0 bridgehead atoms. The molecule has 5 rings (SSSR count). The van der Waals surface area contributed by atoms with Crippen LogP contribution in [0.15, 0.2) is 76.3 Å². The van der Waals surface area contributed by atoms with E-state index in [1.807, 2.05) is 0 Å². The van der Waals surface area contributed by atoms with Crippen molar-refractivity contribution in [3.8, 4) is 11.5 Å². The summed E-state index contributed by atoms with van der Waals surface area (Å²) in [4.78, 5) is 8.41. The number of benzene rings is 1. The van der Waals surface area contributed by atoms with E-state index >= 15 is 0 Å². The van der Waals surface area contributed by atoms with E-state index in [-0.39, 0.29) is 28.6 Å². The van der Waals surface area contributed by atoms with Gasteiger partial charge in [-0.15, -0.1) is 10.2 Å². The fourth-order valence-corrected chi connectivity index (χ4v) is 5.68. The number of halogens is 2. The summed E-state index contributed by atoms with van der Waals surface area (Å²) < 4.78 is 59.0. The van der Waals surface area contributed by atoms with E-state index in [4.69, 9.17) is 4.42 Å². The van der Waals surface area contributed by atoms with Crippen molar-refractivity contribution in [1.82, 2.24) is 24.5 Å². The van der Waals surface area contributed by atoms with Crippen LogP contribution in [0.25, 0.3) is 11.5 Å². The van der Waals surface area contributed by atoms with Crippen molar-refractivity contribution in [3.63, 3.8) is 0 Å². The Morgan fingerprint density at radius 1 is 0.971 bits per heavy atom. The lowest BCUT2D eigenvalue weighted by Crippen LogP contribution is -2.34. The minimum absolute atomic E-state index is 0.0325. The zero-order valence-electron chi connectivity index (χ0n) is 17.4. The summed E-state index contributed by atoms with van der Waals surface area (Å²) in [6, 6.07) is 13.3. The minimum atomic E-state index is -4.12. The monoisotopic (exact) mass is 485 g/mol. The Hall–Kier alpha value is -3.61. The molecule has 0 fully saturated rings. The summed E-state index contributed by atoms with van der Waals surface area (Å²) in [6.07, 6.45) is -1.23. The molecular formula is C22H17F2N5O4S. The molecule has 0 saturated heterocycles. The molecule has 1 aromatic carbocycles. The highest BCUT2D eigenvalue weighted by molar-refractivity contribution is 7.89. The molecule has 4 aromatic rings. The molecule has 3 aromatic heterocycles. The molecule has 34 heavy (non-hydrogen) atoms. The van der Waals surface area contributed by atoms with Crippen LogP contribution in [0.2, 0.25) is 0 Å². The van der Waals surface area contributed by atoms with E-state index in [1.54, 1.807) is 42.5 Å². The Morgan fingerprint density at radius 3 is 2.29 bits per heavy atom. The van der Waals surface area contributed by atoms with Crippen LogP contribution in [0.5, 0.6) is 0 Å². The van der Waals surface area contributed by atoms with Gasteiger partial charge >= 0.3 is 6.43 Å². The Morgan fingerprint density at radius 2 is 1.68 bits per heavy atom. The molecule has 0 aliphatic carbocycles. The summed E-state index contributed by atoms with van der Waals surface area (Å²) >= 11 is 0. The van der Waals surface area contributed by atoms with Crippen LogP contribution in [0, 0.1) is 0 Å². The van der Waals surface area contributed by atoms with Crippen LogP contribution in [0.4, 0.5) is 8.78 Å². The topological polar surface area (TPSA) is 122 Å². The largest absolute Gasteiger partial charge is 0.415 e. The molecule has 0 spiro atoms. The molecule has 0 saturated carbocycles. The average Bonchev–Trinajstić information content (AvgIpc) is 3.44. The highest BCUT2D eigenvalue weighted by Crippen LogP contribution is 2.43. The number of alkyl halides is 2. The van der Waals surface area contributed by atoms with Crippen LogP contribution in [0.3, 0.4) is 0 Å². The third-order valence-corrected chi connectivity index (χ3v) is 7.35. The maximum absolute atomic E-state index is 13.6. The van der Waals surface area contributed by atoms with Gasteiger partial charge in [0.05, 0.1) is 22.3 Å². The van der Waals surface area contributed by atoms with Crippen molar-refractivity contribution in [2.45, 2.75) is 30.0 Å². The number of hydrogen-bond donors (Lipinski definition) is 1. The van der Waals surface area contributed by atoms with Gasteiger partial charge in [-0.2, -0.15) is 13.1 Å². The van der Waals surface area contributed by atoms with E-state index in [1.165, 1.54) is 24.5 Å². The Balaban J connectivity index is 1.56. The first-order valence-corrected chi connectivity index (χ1v) is 11.6. The van der Waals surface area contributed by atoms with E-state index < -0.39 is 34.5 Å². The number of hydrogen-bond acceptors (Lipinski definition) is 8. The average molecular weight is 485 g/mol. The summed E-state index contributed by atoms with van der Waals surface area (Å²) in [5, 5.41) is 18.1. The summed E-state index contributed by atoms with van der Waals surface area (Å²) in [5.41, 5.74) is 1.28. The summed E-state index contributed by atoms with van der Waals surface area (Å²) in [6.45, 7) is -0.0325. The molecule has 1 aliphatic heterocycles. The van der Waals surface area contributed by atoms with Gasteiger partial charge in [-0.05, 0) is 42.0 Å². The van der Waals surface area contributed by atoms with E-state index in [9.17, 15) is 22.3 Å². The molecule has 0 radical (unpaired) electrons. The first-order chi connectivity index (χ1) is 16.4. The number of nitrogens with zero attached hydrogens (tertiary/aromatic N) is 5. The van der Waals surface area contributed by atoms with E-state index in [0.29, 0.717) is 11.3 Å². The fraction of sp³-hybridized carbons (Fsp3) is 0.182. The van der Waals surface area contributed by atoms with Crippen LogP contribution >= 0.6 is 0 Å². The zero-order chi connectivity index (χ0) is 23.9. The van der Waals surface area contributed by atoms with E-state index in [0.717, 1.165) is 4.31 Å². The van der Waals surface area contributed by atoms with Gasteiger partial charge < -0.3 is 9.52 Å². The molecule has 174 valence electrons. The number of rotatable bonds is 6. The molecule has 1 unspecified atom stereocenters. The van der Waals surface area contributed by atoms with Crippen LogP contribution < -0.4 is 0 Å².